The van der Waals surface area contributed by atoms with E-state index in [-0.39, 0.29) is 4.60 Å². The van der Waals surface area contributed by atoms with Gasteiger partial charge in [0.2, 0.25) is 0 Å². The van der Waals surface area contributed by atoms with E-state index in [2.05, 4.69) is 30.4 Å². The SMILES string of the molecule is COc1nc(Br)c(C(F)F)cc1OC(F)(F)F. The van der Waals surface area contributed by atoms with Crippen LogP contribution in [-0.2, 0) is 0 Å². The summed E-state index contributed by atoms with van der Waals surface area (Å²) in [5, 5.41) is 0. The summed E-state index contributed by atoms with van der Waals surface area (Å²) >= 11 is 2.69. The molecule has 1 rings (SSSR count). The topological polar surface area (TPSA) is 31.4 Å². The van der Waals surface area contributed by atoms with E-state index in [0.717, 1.165) is 7.11 Å². The molecule has 0 aliphatic rings. The number of hydrogen-bond donors (Lipinski definition) is 0. The summed E-state index contributed by atoms with van der Waals surface area (Å²) < 4.78 is 68.5. The lowest BCUT2D eigenvalue weighted by Crippen LogP contribution is -2.18. The van der Waals surface area contributed by atoms with Crippen LogP contribution in [-0.4, -0.2) is 18.5 Å². The first kappa shape index (κ1) is 13.9. The average molecular weight is 322 g/mol. The minimum Gasteiger partial charge on any atom is -0.478 e. The van der Waals surface area contributed by atoms with Gasteiger partial charge in [0.15, 0.2) is 5.75 Å². The first-order valence-corrected chi connectivity index (χ1v) is 4.82. The molecule has 17 heavy (non-hydrogen) atoms. The highest BCUT2D eigenvalue weighted by Crippen LogP contribution is 2.37. The number of nitrogens with zero attached hydrogens (tertiary/aromatic N) is 1. The summed E-state index contributed by atoms with van der Waals surface area (Å²) in [5.41, 5.74) is -0.718. The molecule has 0 saturated carbocycles. The molecule has 0 saturated heterocycles. The van der Waals surface area contributed by atoms with Gasteiger partial charge in [-0.2, -0.15) is 0 Å². The summed E-state index contributed by atoms with van der Waals surface area (Å²) in [6.07, 6.45) is -8.00. The summed E-state index contributed by atoms with van der Waals surface area (Å²) in [7, 11) is 1.04. The molecule has 0 bridgehead atoms. The third-order valence-electron chi connectivity index (χ3n) is 1.59. The molecule has 3 nitrogen and oxygen atoms in total. The molecule has 96 valence electrons. The summed E-state index contributed by atoms with van der Waals surface area (Å²) in [6, 6.07) is 0.522. The van der Waals surface area contributed by atoms with Crippen molar-refractivity contribution in [3.63, 3.8) is 0 Å². The highest BCUT2D eigenvalue weighted by molar-refractivity contribution is 9.10. The standard InChI is InChI=1S/C8H5BrF5NO2/c1-16-7-4(17-8(12,13)14)2-3(6(10)11)5(9)15-7/h2,6H,1H3. The molecule has 0 unspecified atom stereocenters. The minimum absolute atomic E-state index is 0.307. The fourth-order valence-corrected chi connectivity index (χ4v) is 1.42. The average Bonchev–Trinajstić information content (AvgIpc) is 2.17. The van der Waals surface area contributed by atoms with Gasteiger partial charge in [0, 0.05) is 0 Å². The Balaban J connectivity index is 3.22. The van der Waals surface area contributed by atoms with Crippen molar-refractivity contribution in [1.82, 2.24) is 4.98 Å². The van der Waals surface area contributed by atoms with Crippen molar-refractivity contribution in [3.8, 4) is 11.6 Å². The summed E-state index contributed by atoms with van der Waals surface area (Å²) in [4.78, 5) is 3.39. The monoisotopic (exact) mass is 321 g/mol. The fraction of sp³-hybridized carbons (Fsp3) is 0.375. The molecule has 0 aromatic carbocycles. The maximum absolute atomic E-state index is 12.4. The van der Waals surface area contributed by atoms with E-state index in [1.165, 1.54) is 0 Å². The molecule has 1 heterocycles. The Bertz CT molecular complexity index is 410. The number of pyridine rings is 1. The smallest absolute Gasteiger partial charge is 0.478 e. The van der Waals surface area contributed by atoms with Crippen LogP contribution in [0.25, 0.3) is 0 Å². The Hall–Kier alpha value is -1.12. The molecule has 0 spiro atoms. The van der Waals surface area contributed by atoms with Gasteiger partial charge in [-0.25, -0.2) is 13.8 Å². The molecule has 0 aliphatic carbocycles. The molecule has 0 atom stereocenters. The van der Waals surface area contributed by atoms with Crippen LogP contribution >= 0.6 is 15.9 Å². The number of methoxy groups -OCH3 is 1. The molecule has 0 amide bonds. The molecule has 0 fully saturated rings. The molecule has 0 radical (unpaired) electrons. The predicted octanol–water partition coefficient (Wildman–Crippen LogP) is 3.69. The highest BCUT2D eigenvalue weighted by Gasteiger charge is 2.33. The van der Waals surface area contributed by atoms with Crippen molar-refractivity contribution >= 4 is 15.9 Å². The summed E-state index contributed by atoms with van der Waals surface area (Å²) in [5.74, 6) is -1.46. The van der Waals surface area contributed by atoms with Gasteiger partial charge in [0.1, 0.15) is 4.60 Å². The van der Waals surface area contributed by atoms with Gasteiger partial charge < -0.3 is 9.47 Å². The largest absolute Gasteiger partial charge is 0.573 e. The van der Waals surface area contributed by atoms with E-state index in [1.807, 2.05) is 0 Å². The van der Waals surface area contributed by atoms with Crippen molar-refractivity contribution in [3.05, 3.63) is 16.2 Å². The molecule has 1 aromatic heterocycles. The van der Waals surface area contributed by atoms with Crippen LogP contribution in [0.2, 0.25) is 0 Å². The lowest BCUT2D eigenvalue weighted by Gasteiger charge is -2.13. The van der Waals surface area contributed by atoms with Crippen LogP contribution in [0.15, 0.2) is 10.7 Å². The number of rotatable bonds is 3. The van der Waals surface area contributed by atoms with E-state index in [1.54, 1.807) is 0 Å². The predicted molar refractivity (Wildman–Crippen MR) is 50.1 cm³/mol. The number of ether oxygens (including phenoxy) is 2. The lowest BCUT2D eigenvalue weighted by molar-refractivity contribution is -0.275. The minimum atomic E-state index is -5.01. The van der Waals surface area contributed by atoms with Gasteiger partial charge >= 0.3 is 6.36 Å². The van der Waals surface area contributed by atoms with Crippen LogP contribution in [0.5, 0.6) is 11.6 Å². The van der Waals surface area contributed by atoms with E-state index < -0.39 is 30.0 Å². The van der Waals surface area contributed by atoms with E-state index in [9.17, 15) is 22.0 Å². The quantitative estimate of drug-likeness (QED) is 0.628. The van der Waals surface area contributed by atoms with Gasteiger partial charge in [-0.1, -0.05) is 0 Å². The van der Waals surface area contributed by atoms with E-state index in [4.69, 9.17) is 0 Å². The van der Waals surface area contributed by atoms with Crippen LogP contribution < -0.4 is 9.47 Å². The van der Waals surface area contributed by atoms with Gasteiger partial charge in [0.05, 0.1) is 12.7 Å². The zero-order valence-electron chi connectivity index (χ0n) is 8.19. The second-order valence-electron chi connectivity index (χ2n) is 2.72. The van der Waals surface area contributed by atoms with Gasteiger partial charge in [-0.05, 0) is 22.0 Å². The van der Waals surface area contributed by atoms with Crippen molar-refractivity contribution < 1.29 is 31.4 Å². The maximum atomic E-state index is 12.4. The van der Waals surface area contributed by atoms with Gasteiger partial charge in [0.25, 0.3) is 12.3 Å². The fourth-order valence-electron chi connectivity index (χ4n) is 0.968. The Morgan fingerprint density at radius 2 is 1.94 bits per heavy atom. The molecular weight excluding hydrogens is 317 g/mol. The number of hydrogen-bond acceptors (Lipinski definition) is 3. The third-order valence-corrected chi connectivity index (χ3v) is 2.22. The highest BCUT2D eigenvalue weighted by atomic mass is 79.9. The van der Waals surface area contributed by atoms with Gasteiger partial charge in [-0.15, -0.1) is 13.2 Å². The van der Waals surface area contributed by atoms with Crippen molar-refractivity contribution in [2.24, 2.45) is 0 Å². The zero-order chi connectivity index (χ0) is 13.2. The molecule has 0 aliphatic heterocycles. The second-order valence-corrected chi connectivity index (χ2v) is 3.48. The van der Waals surface area contributed by atoms with Crippen LogP contribution in [0.1, 0.15) is 12.0 Å². The number of alkyl halides is 5. The zero-order valence-corrected chi connectivity index (χ0v) is 9.77. The first-order valence-electron chi connectivity index (χ1n) is 4.03. The molecule has 0 N–H and O–H groups in total. The van der Waals surface area contributed by atoms with Crippen LogP contribution in [0, 0.1) is 0 Å². The first-order chi connectivity index (χ1) is 7.74. The molecular formula is C8H5BrF5NO2. The van der Waals surface area contributed by atoms with Gasteiger partial charge in [-0.3, -0.25) is 0 Å². The normalized spacial score (nSPS) is 11.8. The maximum Gasteiger partial charge on any atom is 0.573 e. The number of halogens is 6. The van der Waals surface area contributed by atoms with E-state index in [0.29, 0.717) is 6.07 Å². The Labute approximate surface area is 101 Å². The Morgan fingerprint density at radius 3 is 2.35 bits per heavy atom. The third kappa shape index (κ3) is 3.69. The van der Waals surface area contributed by atoms with Crippen LogP contribution in [0.4, 0.5) is 22.0 Å². The van der Waals surface area contributed by atoms with Crippen LogP contribution in [0.3, 0.4) is 0 Å². The van der Waals surface area contributed by atoms with Crippen molar-refractivity contribution in [2.75, 3.05) is 7.11 Å². The molecule has 1 aromatic rings. The molecule has 9 heteroatoms. The van der Waals surface area contributed by atoms with Crippen molar-refractivity contribution in [1.29, 1.82) is 0 Å². The lowest BCUT2D eigenvalue weighted by atomic mass is 10.3. The Morgan fingerprint density at radius 1 is 1.35 bits per heavy atom. The Kier molecular flexibility index (Phi) is 4.12. The van der Waals surface area contributed by atoms with E-state index >= 15 is 0 Å². The summed E-state index contributed by atoms with van der Waals surface area (Å²) in [6.45, 7) is 0. The van der Waals surface area contributed by atoms with Crippen molar-refractivity contribution in [2.45, 2.75) is 12.8 Å². The second kappa shape index (κ2) is 5.03. The number of aromatic nitrogens is 1.